The zero-order valence-electron chi connectivity index (χ0n) is 8.61. The van der Waals surface area contributed by atoms with Gasteiger partial charge in [0.05, 0.1) is 12.2 Å². The normalized spacial score (nSPS) is 17.6. The van der Waals surface area contributed by atoms with Crippen LogP contribution in [0.5, 0.6) is 0 Å². The van der Waals surface area contributed by atoms with Crippen LogP contribution in [-0.2, 0) is 6.61 Å². The minimum atomic E-state index is -0.278. The van der Waals surface area contributed by atoms with Crippen LogP contribution in [0.4, 0.5) is 0 Å². The van der Waals surface area contributed by atoms with Crippen molar-refractivity contribution >= 4 is 0 Å². The van der Waals surface area contributed by atoms with Crippen LogP contribution in [0.25, 0.3) is 0 Å². The molecule has 2 nitrogen and oxygen atoms in total. The molecule has 0 saturated heterocycles. The van der Waals surface area contributed by atoms with Crippen molar-refractivity contribution in [2.45, 2.75) is 38.4 Å². The second kappa shape index (κ2) is 5.13. The quantitative estimate of drug-likeness (QED) is 0.718. The van der Waals surface area contributed by atoms with Gasteiger partial charge in [0.2, 0.25) is 0 Å². The summed E-state index contributed by atoms with van der Waals surface area (Å²) in [6.45, 7) is 2.03. The third kappa shape index (κ3) is 3.90. The summed E-state index contributed by atoms with van der Waals surface area (Å²) in [5.41, 5.74) is 0.688. The summed E-state index contributed by atoms with van der Waals surface area (Å²) >= 11 is 0. The van der Waals surface area contributed by atoms with E-state index in [1.807, 2.05) is 37.3 Å². The lowest BCUT2D eigenvalue weighted by atomic mass is 9.82. The van der Waals surface area contributed by atoms with Crippen LogP contribution in [0, 0.1) is 0 Å². The topological polar surface area (TPSA) is 40.5 Å². The van der Waals surface area contributed by atoms with Gasteiger partial charge in [-0.1, -0.05) is 30.3 Å². The lowest BCUT2D eigenvalue weighted by Crippen LogP contribution is -2.32. The molecule has 2 N–H and O–H groups in total. The van der Waals surface area contributed by atoms with Gasteiger partial charge >= 0.3 is 0 Å². The molecule has 0 amide bonds. The van der Waals surface area contributed by atoms with E-state index in [0.717, 1.165) is 18.4 Å². The molecule has 0 atom stereocenters. The summed E-state index contributed by atoms with van der Waals surface area (Å²) in [5, 5.41) is 17.5. The number of aliphatic hydroxyl groups is 2. The van der Waals surface area contributed by atoms with Gasteiger partial charge in [-0.05, 0) is 31.7 Å². The highest BCUT2D eigenvalue weighted by Gasteiger charge is 2.27. The first-order chi connectivity index (χ1) is 6.64. The Morgan fingerprint density at radius 2 is 1.71 bits per heavy atom. The first kappa shape index (κ1) is 11.2. The Balaban J connectivity index is 0.000000146. The molecule has 1 aromatic carbocycles. The van der Waals surface area contributed by atoms with E-state index in [1.54, 1.807) is 0 Å². The molecule has 0 radical (unpaired) electrons. The minimum Gasteiger partial charge on any atom is -0.392 e. The van der Waals surface area contributed by atoms with E-state index in [0.29, 0.717) is 0 Å². The van der Waals surface area contributed by atoms with Gasteiger partial charge in [-0.15, -0.1) is 0 Å². The highest BCUT2D eigenvalue weighted by atomic mass is 16.3. The summed E-state index contributed by atoms with van der Waals surface area (Å²) in [7, 11) is 0. The molecule has 0 aromatic heterocycles. The zero-order valence-corrected chi connectivity index (χ0v) is 8.61. The van der Waals surface area contributed by atoms with Crippen molar-refractivity contribution in [1.82, 2.24) is 0 Å². The van der Waals surface area contributed by atoms with E-state index in [1.165, 1.54) is 6.42 Å². The van der Waals surface area contributed by atoms with Crippen LogP contribution in [-0.4, -0.2) is 15.8 Å². The number of hydrogen-bond acceptors (Lipinski definition) is 2. The molecule has 2 rings (SSSR count). The summed E-state index contributed by atoms with van der Waals surface area (Å²) < 4.78 is 0. The van der Waals surface area contributed by atoms with Crippen LogP contribution in [0.3, 0.4) is 0 Å². The van der Waals surface area contributed by atoms with Gasteiger partial charge < -0.3 is 10.2 Å². The molecule has 0 aliphatic heterocycles. The van der Waals surface area contributed by atoms with Crippen molar-refractivity contribution < 1.29 is 10.2 Å². The Kier molecular flexibility index (Phi) is 4.11. The maximum atomic E-state index is 8.91. The van der Waals surface area contributed by atoms with Crippen LogP contribution < -0.4 is 0 Å². The molecule has 2 heteroatoms. The van der Waals surface area contributed by atoms with Crippen molar-refractivity contribution in [3.8, 4) is 0 Å². The lowest BCUT2D eigenvalue weighted by molar-refractivity contribution is -0.0147. The molecule has 0 heterocycles. The standard InChI is InChI=1S/C7H8O.C5H10O/c8-6-7-4-2-1-3-5-7;1-5(6)3-2-4-5/h1-5,8H,6H2;6H,2-4H2,1H3. The molecule has 1 saturated carbocycles. The van der Waals surface area contributed by atoms with E-state index >= 15 is 0 Å². The van der Waals surface area contributed by atoms with E-state index < -0.39 is 0 Å². The van der Waals surface area contributed by atoms with Crippen molar-refractivity contribution in [3.63, 3.8) is 0 Å². The maximum Gasteiger partial charge on any atom is 0.0681 e. The SMILES string of the molecule is CC1(O)CCC1.OCc1ccccc1. The van der Waals surface area contributed by atoms with E-state index in [-0.39, 0.29) is 12.2 Å². The van der Waals surface area contributed by atoms with Crippen LogP contribution in [0.15, 0.2) is 30.3 Å². The van der Waals surface area contributed by atoms with Crippen LogP contribution in [0.1, 0.15) is 31.7 Å². The second-order valence-electron chi connectivity index (χ2n) is 3.99. The van der Waals surface area contributed by atoms with E-state index in [2.05, 4.69) is 0 Å². The molecule has 78 valence electrons. The molecule has 1 aromatic rings. The van der Waals surface area contributed by atoms with Crippen LogP contribution in [0.2, 0.25) is 0 Å². The summed E-state index contributed by atoms with van der Waals surface area (Å²) in [6.07, 6.45) is 3.23. The summed E-state index contributed by atoms with van der Waals surface area (Å²) in [6, 6.07) is 9.52. The second-order valence-corrected chi connectivity index (χ2v) is 3.99. The fourth-order valence-electron chi connectivity index (χ4n) is 1.27. The zero-order chi connectivity index (χ0) is 10.4. The molecule has 1 fully saturated rings. The molecule has 1 aliphatic rings. The Hall–Kier alpha value is -0.860. The molecule has 14 heavy (non-hydrogen) atoms. The van der Waals surface area contributed by atoms with Gasteiger partial charge in [0, 0.05) is 0 Å². The monoisotopic (exact) mass is 194 g/mol. The Morgan fingerprint density at radius 3 is 1.93 bits per heavy atom. The maximum absolute atomic E-state index is 8.91. The summed E-state index contributed by atoms with van der Waals surface area (Å²) in [5.74, 6) is 0. The van der Waals surface area contributed by atoms with Crippen molar-refractivity contribution in [2.24, 2.45) is 0 Å². The van der Waals surface area contributed by atoms with Crippen molar-refractivity contribution in [1.29, 1.82) is 0 Å². The van der Waals surface area contributed by atoms with Gasteiger partial charge in [-0.3, -0.25) is 0 Å². The predicted molar refractivity (Wildman–Crippen MR) is 56.8 cm³/mol. The molecule has 0 bridgehead atoms. The minimum absolute atomic E-state index is 0.140. The van der Waals surface area contributed by atoms with E-state index in [9.17, 15) is 0 Å². The fourth-order valence-corrected chi connectivity index (χ4v) is 1.27. The Labute approximate surface area is 85.2 Å². The first-order valence-electron chi connectivity index (χ1n) is 5.01. The van der Waals surface area contributed by atoms with Crippen molar-refractivity contribution in [3.05, 3.63) is 35.9 Å². The Bertz CT molecular complexity index is 248. The fraction of sp³-hybridized carbons (Fsp3) is 0.500. The number of benzene rings is 1. The highest BCUT2D eigenvalue weighted by molar-refractivity contribution is 5.12. The largest absolute Gasteiger partial charge is 0.392 e. The third-order valence-corrected chi connectivity index (χ3v) is 2.46. The average molecular weight is 194 g/mol. The summed E-state index contributed by atoms with van der Waals surface area (Å²) in [4.78, 5) is 0. The molecule has 0 spiro atoms. The third-order valence-electron chi connectivity index (χ3n) is 2.46. The van der Waals surface area contributed by atoms with E-state index in [4.69, 9.17) is 10.2 Å². The molecular weight excluding hydrogens is 176 g/mol. The molecular formula is C12H18O2. The van der Waals surface area contributed by atoms with Gasteiger partial charge in [-0.25, -0.2) is 0 Å². The predicted octanol–water partition coefficient (Wildman–Crippen LogP) is 2.10. The van der Waals surface area contributed by atoms with Gasteiger partial charge in [0.1, 0.15) is 0 Å². The highest BCUT2D eigenvalue weighted by Crippen LogP contribution is 2.29. The van der Waals surface area contributed by atoms with Gasteiger partial charge in [0.15, 0.2) is 0 Å². The first-order valence-corrected chi connectivity index (χ1v) is 5.01. The number of rotatable bonds is 1. The van der Waals surface area contributed by atoms with Crippen LogP contribution >= 0.6 is 0 Å². The average Bonchev–Trinajstić information content (AvgIpc) is 2.18. The molecule has 1 aliphatic carbocycles. The Morgan fingerprint density at radius 1 is 1.21 bits per heavy atom. The van der Waals surface area contributed by atoms with Gasteiger partial charge in [-0.2, -0.15) is 0 Å². The number of aliphatic hydroxyl groups excluding tert-OH is 1. The molecule has 0 unspecified atom stereocenters. The van der Waals surface area contributed by atoms with Gasteiger partial charge in [0.25, 0.3) is 0 Å². The lowest BCUT2D eigenvalue weighted by Gasteiger charge is -2.31. The number of hydrogen-bond donors (Lipinski definition) is 2. The smallest absolute Gasteiger partial charge is 0.0681 e. The van der Waals surface area contributed by atoms with Crippen molar-refractivity contribution in [2.75, 3.05) is 0 Å².